The summed E-state index contributed by atoms with van der Waals surface area (Å²) < 4.78 is 22.1. The molecule has 0 aliphatic rings. The number of esters is 1. The number of nitrogen functional groups attached to an aromatic ring is 1. The van der Waals surface area contributed by atoms with Crippen molar-refractivity contribution in [2.75, 3.05) is 32.4 Å². The van der Waals surface area contributed by atoms with E-state index in [9.17, 15) is 4.79 Å². The largest absolute Gasteiger partial charge is 0.493 e. The van der Waals surface area contributed by atoms with E-state index in [0.717, 1.165) is 5.56 Å². The Morgan fingerprint density at radius 3 is 2.17 bits per heavy atom. The van der Waals surface area contributed by atoms with Crippen LogP contribution in [0.2, 0.25) is 0 Å². The van der Waals surface area contributed by atoms with E-state index in [2.05, 4.69) is 17.5 Å². The van der Waals surface area contributed by atoms with Crippen LogP contribution in [0.3, 0.4) is 0 Å². The van der Waals surface area contributed by atoms with Crippen molar-refractivity contribution in [3.8, 4) is 35.1 Å². The highest BCUT2D eigenvalue weighted by atomic mass is 16.5. The van der Waals surface area contributed by atoms with Gasteiger partial charge in [0.1, 0.15) is 11.3 Å². The molecule has 0 aliphatic carbocycles. The molecule has 9 heteroatoms. The third kappa shape index (κ3) is 5.73. The number of rotatable bonds is 9. The molecule has 178 valence electrons. The average Bonchev–Trinajstić information content (AvgIpc) is 2.89. The van der Waals surface area contributed by atoms with Crippen molar-refractivity contribution in [3.63, 3.8) is 0 Å². The highest BCUT2D eigenvalue weighted by Crippen LogP contribution is 2.44. The van der Waals surface area contributed by atoms with Gasteiger partial charge in [-0.05, 0) is 54.4 Å². The summed E-state index contributed by atoms with van der Waals surface area (Å²) in [5, 5.41) is 21.1. The van der Waals surface area contributed by atoms with Gasteiger partial charge in [0.15, 0.2) is 11.5 Å². The Morgan fingerprint density at radius 2 is 1.63 bits per heavy atom. The van der Waals surface area contributed by atoms with Crippen LogP contribution in [0.25, 0.3) is 0 Å². The maximum Gasteiger partial charge on any atom is 0.341 e. The summed E-state index contributed by atoms with van der Waals surface area (Å²) in [5.74, 6) is 0.497. The first-order chi connectivity index (χ1) is 16.9. The molecule has 0 unspecified atom stereocenters. The molecule has 0 amide bonds. The maximum atomic E-state index is 12.5. The molecule has 0 aliphatic heterocycles. The molecule has 0 saturated carbocycles. The number of carbonyl (C=O) groups excluding carboxylic acids is 1. The van der Waals surface area contributed by atoms with Gasteiger partial charge < -0.3 is 30.0 Å². The molecule has 3 aromatic carbocycles. The Labute approximate surface area is 203 Å². The fraction of sp³-hybridized carbons (Fsp3) is 0.192. The van der Waals surface area contributed by atoms with Gasteiger partial charge in [-0.3, -0.25) is 0 Å². The van der Waals surface area contributed by atoms with E-state index in [1.165, 1.54) is 27.4 Å². The van der Waals surface area contributed by atoms with Gasteiger partial charge in [0.2, 0.25) is 5.75 Å². The van der Waals surface area contributed by atoms with Crippen LogP contribution in [0, 0.1) is 22.7 Å². The molecule has 35 heavy (non-hydrogen) atoms. The van der Waals surface area contributed by atoms with E-state index in [1.807, 2.05) is 0 Å². The number of ether oxygens (including phenoxy) is 4. The molecule has 0 atom stereocenters. The fourth-order valence-corrected chi connectivity index (χ4v) is 3.33. The Morgan fingerprint density at radius 1 is 0.971 bits per heavy atom. The van der Waals surface area contributed by atoms with Gasteiger partial charge in [-0.1, -0.05) is 0 Å². The third-order valence-electron chi connectivity index (χ3n) is 5.11. The summed E-state index contributed by atoms with van der Waals surface area (Å²) in [4.78, 5) is 12.5. The number of nitrogens with two attached hydrogens (primary N) is 1. The molecule has 9 nitrogen and oxygen atoms in total. The molecule has 0 radical (unpaired) electrons. The number of nitrogens with zero attached hydrogens (tertiary/aromatic N) is 2. The SMILES string of the molecule is COC(=O)c1cc(N)c(Nc2ccc(C#N)cc2)cc1Oc1c(OC)cc(CCC#N)cc1OC. The zero-order valence-electron chi connectivity index (χ0n) is 19.5. The molecule has 0 aromatic heterocycles. The molecule has 0 fully saturated rings. The molecule has 0 heterocycles. The zero-order valence-corrected chi connectivity index (χ0v) is 19.5. The van der Waals surface area contributed by atoms with E-state index in [-0.39, 0.29) is 22.7 Å². The van der Waals surface area contributed by atoms with Crippen molar-refractivity contribution >= 4 is 23.0 Å². The Kier molecular flexibility index (Phi) is 7.99. The van der Waals surface area contributed by atoms with Gasteiger partial charge in [-0.15, -0.1) is 0 Å². The monoisotopic (exact) mass is 472 g/mol. The number of hydrogen-bond donors (Lipinski definition) is 2. The van der Waals surface area contributed by atoms with Gasteiger partial charge in [0, 0.05) is 18.2 Å². The number of benzene rings is 3. The van der Waals surface area contributed by atoms with Crippen molar-refractivity contribution in [1.29, 1.82) is 10.5 Å². The van der Waals surface area contributed by atoms with Crippen LogP contribution in [0.15, 0.2) is 48.5 Å². The van der Waals surface area contributed by atoms with Crippen LogP contribution >= 0.6 is 0 Å². The summed E-state index contributed by atoms with van der Waals surface area (Å²) in [6.07, 6.45) is 0.846. The summed E-state index contributed by atoms with van der Waals surface area (Å²) in [7, 11) is 4.23. The smallest absolute Gasteiger partial charge is 0.341 e. The molecule has 3 rings (SSSR count). The fourth-order valence-electron chi connectivity index (χ4n) is 3.33. The zero-order chi connectivity index (χ0) is 25.4. The van der Waals surface area contributed by atoms with Crippen molar-refractivity contribution in [2.45, 2.75) is 12.8 Å². The predicted octanol–water partition coefficient (Wildman–Crippen LogP) is 4.94. The first-order valence-corrected chi connectivity index (χ1v) is 10.5. The number of nitrogens with one attached hydrogen (secondary N) is 1. The third-order valence-corrected chi connectivity index (χ3v) is 5.11. The number of methoxy groups -OCH3 is 3. The molecule has 0 bridgehead atoms. The number of aryl methyl sites for hydroxylation is 1. The van der Waals surface area contributed by atoms with Crippen LogP contribution in [-0.4, -0.2) is 27.3 Å². The van der Waals surface area contributed by atoms with Crippen LogP contribution in [0.5, 0.6) is 23.0 Å². The number of carbonyl (C=O) groups is 1. The second-order valence-electron chi connectivity index (χ2n) is 7.33. The minimum absolute atomic E-state index is 0.105. The van der Waals surface area contributed by atoms with Gasteiger partial charge in [-0.2, -0.15) is 10.5 Å². The van der Waals surface area contributed by atoms with Crippen LogP contribution in [0.1, 0.15) is 27.9 Å². The topological polar surface area (TPSA) is 140 Å². The lowest BCUT2D eigenvalue weighted by atomic mass is 10.1. The van der Waals surface area contributed by atoms with Gasteiger partial charge in [-0.25, -0.2) is 4.79 Å². The number of anilines is 3. The second kappa shape index (κ2) is 11.3. The minimum Gasteiger partial charge on any atom is -0.493 e. The van der Waals surface area contributed by atoms with Crippen LogP contribution < -0.4 is 25.3 Å². The van der Waals surface area contributed by atoms with Crippen molar-refractivity contribution in [1.82, 2.24) is 0 Å². The average molecular weight is 473 g/mol. The van der Waals surface area contributed by atoms with E-state index < -0.39 is 5.97 Å². The standard InChI is InChI=1S/C26H24N4O5/c1-32-23-11-17(5-4-10-27)12-24(33-2)25(23)35-22-14-21(20(29)13-19(22)26(31)34-3)30-18-8-6-16(15-28)7-9-18/h6-9,11-14,30H,4-5,29H2,1-3H3. The first-order valence-electron chi connectivity index (χ1n) is 10.5. The van der Waals surface area contributed by atoms with Gasteiger partial charge >= 0.3 is 5.97 Å². The normalized spacial score (nSPS) is 9.97. The maximum absolute atomic E-state index is 12.5. The second-order valence-corrected chi connectivity index (χ2v) is 7.33. The Hall–Kier alpha value is -4.89. The molecule has 3 aromatic rings. The molecular formula is C26H24N4O5. The van der Waals surface area contributed by atoms with Crippen molar-refractivity contribution in [2.24, 2.45) is 0 Å². The molecule has 0 saturated heterocycles. The van der Waals surface area contributed by atoms with Gasteiger partial charge in [0.25, 0.3) is 0 Å². The van der Waals surface area contributed by atoms with E-state index in [4.69, 9.17) is 35.2 Å². The minimum atomic E-state index is -0.639. The summed E-state index contributed by atoms with van der Waals surface area (Å²) in [5.41, 5.74) is 9.11. The lowest BCUT2D eigenvalue weighted by Crippen LogP contribution is -2.07. The number of hydrogen-bond acceptors (Lipinski definition) is 9. The summed E-state index contributed by atoms with van der Waals surface area (Å²) in [6, 6.07) is 17.5. The summed E-state index contributed by atoms with van der Waals surface area (Å²) in [6.45, 7) is 0. The van der Waals surface area contributed by atoms with Crippen LogP contribution in [0.4, 0.5) is 17.1 Å². The lowest BCUT2D eigenvalue weighted by molar-refractivity contribution is 0.0598. The van der Waals surface area contributed by atoms with E-state index >= 15 is 0 Å². The van der Waals surface area contributed by atoms with Crippen LogP contribution in [-0.2, 0) is 11.2 Å². The summed E-state index contributed by atoms with van der Waals surface area (Å²) >= 11 is 0. The lowest BCUT2D eigenvalue weighted by Gasteiger charge is -2.19. The van der Waals surface area contributed by atoms with E-state index in [1.54, 1.807) is 42.5 Å². The Bertz CT molecular complexity index is 1280. The molecule has 3 N–H and O–H groups in total. The first kappa shape index (κ1) is 24.7. The van der Waals surface area contributed by atoms with Crippen molar-refractivity contribution in [3.05, 3.63) is 65.2 Å². The van der Waals surface area contributed by atoms with Crippen molar-refractivity contribution < 1.29 is 23.7 Å². The quantitative estimate of drug-likeness (QED) is 0.327. The molecule has 0 spiro atoms. The number of nitriles is 2. The highest BCUT2D eigenvalue weighted by molar-refractivity contribution is 5.96. The Balaban J connectivity index is 2.07. The predicted molar refractivity (Wildman–Crippen MR) is 130 cm³/mol. The highest BCUT2D eigenvalue weighted by Gasteiger charge is 2.22. The van der Waals surface area contributed by atoms with E-state index in [0.29, 0.717) is 41.3 Å². The molecular weight excluding hydrogens is 448 g/mol. The van der Waals surface area contributed by atoms with Gasteiger partial charge in [0.05, 0.1) is 50.4 Å².